The SMILES string of the molecule is CCC(C)(CNC(=O)N1CCC(CN(C)C)CC1)C(=O)O. The summed E-state index contributed by atoms with van der Waals surface area (Å²) in [5.41, 5.74) is -0.890. The lowest BCUT2D eigenvalue weighted by Crippen LogP contribution is -2.49. The highest BCUT2D eigenvalue weighted by molar-refractivity contribution is 5.77. The maximum absolute atomic E-state index is 12.1. The van der Waals surface area contributed by atoms with Crippen LogP contribution in [-0.2, 0) is 4.79 Å². The van der Waals surface area contributed by atoms with E-state index in [9.17, 15) is 14.7 Å². The molecule has 1 rings (SSSR count). The van der Waals surface area contributed by atoms with Crippen LogP contribution in [0, 0.1) is 11.3 Å². The Morgan fingerprint density at radius 2 is 1.90 bits per heavy atom. The van der Waals surface area contributed by atoms with E-state index in [-0.39, 0.29) is 12.6 Å². The average Bonchev–Trinajstić information content (AvgIpc) is 2.44. The molecule has 0 aromatic heterocycles. The van der Waals surface area contributed by atoms with E-state index >= 15 is 0 Å². The molecule has 0 bridgehead atoms. The van der Waals surface area contributed by atoms with E-state index in [1.165, 1.54) is 0 Å². The van der Waals surface area contributed by atoms with Gasteiger partial charge in [0, 0.05) is 26.2 Å². The number of urea groups is 1. The van der Waals surface area contributed by atoms with Crippen LogP contribution in [0.4, 0.5) is 4.79 Å². The van der Waals surface area contributed by atoms with E-state index in [1.54, 1.807) is 11.8 Å². The van der Waals surface area contributed by atoms with Crippen LogP contribution in [0.3, 0.4) is 0 Å². The number of carboxylic acids is 1. The first-order valence-corrected chi connectivity index (χ1v) is 7.69. The second-order valence-electron chi connectivity index (χ2n) is 6.57. The monoisotopic (exact) mass is 299 g/mol. The van der Waals surface area contributed by atoms with Gasteiger partial charge in [-0.05, 0) is 46.2 Å². The van der Waals surface area contributed by atoms with Gasteiger partial charge < -0.3 is 20.2 Å². The minimum atomic E-state index is -0.890. The lowest BCUT2D eigenvalue weighted by Gasteiger charge is -2.34. The first-order valence-electron chi connectivity index (χ1n) is 7.69. The third kappa shape index (κ3) is 5.19. The van der Waals surface area contributed by atoms with Gasteiger partial charge in [-0.1, -0.05) is 6.92 Å². The molecule has 0 saturated carbocycles. The number of hydrogen-bond donors (Lipinski definition) is 2. The van der Waals surface area contributed by atoms with Crippen molar-refractivity contribution in [3.63, 3.8) is 0 Å². The standard InChI is InChI=1S/C15H29N3O3/c1-5-15(2,13(19)20)11-16-14(21)18-8-6-12(7-9-18)10-17(3)4/h12H,5-11H2,1-4H3,(H,16,21)(H,19,20). The second-order valence-corrected chi connectivity index (χ2v) is 6.57. The number of amides is 2. The molecule has 21 heavy (non-hydrogen) atoms. The maximum Gasteiger partial charge on any atom is 0.317 e. The van der Waals surface area contributed by atoms with Gasteiger partial charge in [-0.3, -0.25) is 4.79 Å². The highest BCUT2D eigenvalue weighted by Gasteiger charge is 2.32. The fraction of sp³-hybridized carbons (Fsp3) is 0.867. The summed E-state index contributed by atoms with van der Waals surface area (Å²) in [7, 11) is 4.13. The highest BCUT2D eigenvalue weighted by atomic mass is 16.4. The molecule has 1 fully saturated rings. The molecule has 0 radical (unpaired) electrons. The lowest BCUT2D eigenvalue weighted by molar-refractivity contribution is -0.147. The van der Waals surface area contributed by atoms with Gasteiger partial charge in [0.25, 0.3) is 0 Å². The van der Waals surface area contributed by atoms with E-state index in [0.29, 0.717) is 12.3 Å². The van der Waals surface area contributed by atoms with Crippen molar-refractivity contribution in [1.29, 1.82) is 0 Å². The molecule has 122 valence electrons. The number of likely N-dealkylation sites (tertiary alicyclic amines) is 1. The van der Waals surface area contributed by atoms with Gasteiger partial charge in [0.2, 0.25) is 0 Å². The summed E-state index contributed by atoms with van der Waals surface area (Å²) in [5, 5.41) is 12.0. The maximum atomic E-state index is 12.1. The highest BCUT2D eigenvalue weighted by Crippen LogP contribution is 2.21. The molecule has 0 aromatic rings. The Bertz CT molecular complexity index is 365. The normalized spacial score (nSPS) is 19.4. The summed E-state index contributed by atoms with van der Waals surface area (Å²) < 4.78 is 0. The largest absolute Gasteiger partial charge is 0.481 e. The van der Waals surface area contributed by atoms with Crippen molar-refractivity contribution in [3.05, 3.63) is 0 Å². The summed E-state index contributed by atoms with van der Waals surface area (Å²) in [6.07, 6.45) is 2.51. The number of aliphatic carboxylic acids is 1. The van der Waals surface area contributed by atoms with Crippen LogP contribution in [0.25, 0.3) is 0 Å². The summed E-state index contributed by atoms with van der Waals surface area (Å²) in [5.74, 6) is -0.223. The molecular formula is C15H29N3O3. The predicted octanol–water partition coefficient (Wildman–Crippen LogP) is 1.47. The molecule has 2 N–H and O–H groups in total. The Morgan fingerprint density at radius 3 is 2.33 bits per heavy atom. The molecule has 1 atom stereocenters. The Kier molecular flexibility index (Phi) is 6.45. The van der Waals surface area contributed by atoms with Gasteiger partial charge in [0.1, 0.15) is 0 Å². The van der Waals surface area contributed by atoms with Crippen molar-refractivity contribution < 1.29 is 14.7 Å². The smallest absolute Gasteiger partial charge is 0.317 e. The zero-order chi connectivity index (χ0) is 16.0. The molecule has 1 unspecified atom stereocenters. The predicted molar refractivity (Wildman–Crippen MR) is 82.3 cm³/mol. The van der Waals surface area contributed by atoms with Crippen LogP contribution in [0.2, 0.25) is 0 Å². The Balaban J connectivity index is 2.39. The summed E-state index contributed by atoms with van der Waals surface area (Å²) >= 11 is 0. The number of carbonyl (C=O) groups excluding carboxylic acids is 1. The topological polar surface area (TPSA) is 72.9 Å². The molecule has 0 aromatic carbocycles. The zero-order valence-corrected chi connectivity index (χ0v) is 13.7. The minimum Gasteiger partial charge on any atom is -0.481 e. The van der Waals surface area contributed by atoms with Crippen molar-refractivity contribution in [3.8, 4) is 0 Å². The van der Waals surface area contributed by atoms with E-state index in [0.717, 1.165) is 32.5 Å². The second kappa shape index (κ2) is 7.64. The van der Waals surface area contributed by atoms with Crippen LogP contribution in [-0.4, -0.2) is 67.2 Å². The van der Waals surface area contributed by atoms with Gasteiger partial charge in [-0.15, -0.1) is 0 Å². The van der Waals surface area contributed by atoms with Gasteiger partial charge >= 0.3 is 12.0 Å². The number of hydrogen-bond acceptors (Lipinski definition) is 3. The van der Waals surface area contributed by atoms with Crippen LogP contribution in [0.15, 0.2) is 0 Å². The lowest BCUT2D eigenvalue weighted by atomic mass is 9.88. The third-order valence-corrected chi connectivity index (χ3v) is 4.45. The van der Waals surface area contributed by atoms with Crippen molar-refractivity contribution in [2.24, 2.45) is 11.3 Å². The third-order valence-electron chi connectivity index (χ3n) is 4.45. The number of piperidine rings is 1. The number of nitrogens with one attached hydrogen (secondary N) is 1. The molecule has 1 saturated heterocycles. The molecule has 1 aliphatic heterocycles. The van der Waals surface area contributed by atoms with Crippen molar-refractivity contribution in [2.75, 3.05) is 40.3 Å². The Hall–Kier alpha value is -1.30. The minimum absolute atomic E-state index is 0.140. The molecule has 0 spiro atoms. The molecule has 2 amide bonds. The summed E-state index contributed by atoms with van der Waals surface area (Å²) in [6, 6.07) is -0.140. The fourth-order valence-corrected chi connectivity index (χ4v) is 2.57. The van der Waals surface area contributed by atoms with Crippen LogP contribution in [0.5, 0.6) is 0 Å². The van der Waals surface area contributed by atoms with Crippen LogP contribution < -0.4 is 5.32 Å². The zero-order valence-electron chi connectivity index (χ0n) is 13.7. The number of carbonyl (C=O) groups is 2. The van der Waals surface area contributed by atoms with Crippen LogP contribution in [0.1, 0.15) is 33.1 Å². The first kappa shape index (κ1) is 17.8. The quantitative estimate of drug-likeness (QED) is 0.779. The van der Waals surface area contributed by atoms with E-state index in [1.807, 2.05) is 6.92 Å². The Morgan fingerprint density at radius 1 is 1.33 bits per heavy atom. The summed E-state index contributed by atoms with van der Waals surface area (Å²) in [6.45, 7) is 6.23. The molecule has 1 aliphatic rings. The van der Waals surface area contributed by atoms with Crippen molar-refractivity contribution in [1.82, 2.24) is 15.1 Å². The van der Waals surface area contributed by atoms with E-state index in [4.69, 9.17) is 0 Å². The van der Waals surface area contributed by atoms with Gasteiger partial charge in [-0.2, -0.15) is 0 Å². The molecular weight excluding hydrogens is 270 g/mol. The average molecular weight is 299 g/mol. The molecule has 1 heterocycles. The van der Waals surface area contributed by atoms with Gasteiger partial charge in [0.15, 0.2) is 0 Å². The summed E-state index contributed by atoms with van der Waals surface area (Å²) in [4.78, 5) is 27.3. The van der Waals surface area contributed by atoms with Gasteiger partial charge in [0.05, 0.1) is 5.41 Å². The van der Waals surface area contributed by atoms with Gasteiger partial charge in [-0.25, -0.2) is 4.79 Å². The van der Waals surface area contributed by atoms with Crippen LogP contribution >= 0.6 is 0 Å². The molecule has 6 heteroatoms. The van der Waals surface area contributed by atoms with Crippen molar-refractivity contribution in [2.45, 2.75) is 33.1 Å². The number of rotatable bonds is 6. The molecule has 0 aliphatic carbocycles. The van der Waals surface area contributed by atoms with Crippen molar-refractivity contribution >= 4 is 12.0 Å². The van der Waals surface area contributed by atoms with E-state index < -0.39 is 11.4 Å². The Labute approximate surface area is 127 Å². The first-order chi connectivity index (χ1) is 9.78. The number of carboxylic acid groups (broad SMARTS) is 1. The van der Waals surface area contributed by atoms with E-state index in [2.05, 4.69) is 24.3 Å². The molecule has 6 nitrogen and oxygen atoms in total. The fourth-order valence-electron chi connectivity index (χ4n) is 2.57. The number of nitrogens with zero attached hydrogens (tertiary/aromatic N) is 2.